The Balaban J connectivity index is 1.41. The average molecular weight is 362 g/mol. The Bertz CT molecular complexity index is 600. The van der Waals surface area contributed by atoms with Crippen LogP contribution < -0.4 is 10.2 Å². The van der Waals surface area contributed by atoms with Crippen molar-refractivity contribution in [1.82, 2.24) is 5.32 Å². The second-order valence-corrected chi connectivity index (χ2v) is 8.75. The van der Waals surface area contributed by atoms with Crippen molar-refractivity contribution in [2.24, 2.45) is 0 Å². The van der Waals surface area contributed by atoms with Crippen LogP contribution in [0.1, 0.15) is 74.6 Å². The molecule has 1 aromatic carbocycles. The molecule has 3 nitrogen and oxygen atoms in total. The number of carbonyl (C=O) groups excluding carboxylic acids is 1. The summed E-state index contributed by atoms with van der Waals surface area (Å²) in [4.78, 5) is 14.5. The molecule has 2 unspecified atom stereocenters. The first kappa shape index (κ1) is 17.4. The Morgan fingerprint density at radius 2 is 1.64 bits per heavy atom. The number of hydrogen-bond donors (Lipinski definition) is 2. The minimum Gasteiger partial charge on any atom is -0.349 e. The molecule has 1 aliphatic carbocycles. The molecule has 1 saturated carbocycles. The molecule has 2 heterocycles. The Hall–Kier alpha value is -1.06. The first-order valence-electron chi connectivity index (χ1n) is 10.1. The lowest BCUT2D eigenvalue weighted by molar-refractivity contribution is -0.984. The van der Waals surface area contributed by atoms with Crippen LogP contribution in [0.15, 0.2) is 24.3 Å². The van der Waals surface area contributed by atoms with Crippen LogP contribution in [0.5, 0.6) is 0 Å². The maximum atomic E-state index is 12.6. The highest BCUT2D eigenvalue weighted by Gasteiger charge is 2.45. The maximum absolute atomic E-state index is 12.6. The number of rotatable bonds is 3. The van der Waals surface area contributed by atoms with Gasteiger partial charge >= 0.3 is 0 Å². The quantitative estimate of drug-likeness (QED) is 0.850. The topological polar surface area (TPSA) is 33.5 Å². The summed E-state index contributed by atoms with van der Waals surface area (Å²) in [6.45, 7) is 0. The van der Waals surface area contributed by atoms with Crippen LogP contribution in [0.3, 0.4) is 0 Å². The number of carbonyl (C=O) groups is 1. The van der Waals surface area contributed by atoms with Crippen LogP contribution in [0.2, 0.25) is 5.02 Å². The summed E-state index contributed by atoms with van der Waals surface area (Å²) in [5, 5.41) is 3.93. The van der Waals surface area contributed by atoms with E-state index in [0.717, 1.165) is 31.0 Å². The van der Waals surface area contributed by atoms with Gasteiger partial charge in [-0.1, -0.05) is 24.1 Å². The Labute approximate surface area is 156 Å². The average Bonchev–Trinajstić information content (AvgIpc) is 2.61. The molecule has 4 rings (SSSR count). The molecule has 2 N–H and O–H groups in total. The van der Waals surface area contributed by atoms with Gasteiger partial charge < -0.3 is 10.2 Å². The number of quaternary nitrogens is 1. The van der Waals surface area contributed by atoms with Gasteiger partial charge in [-0.2, -0.15) is 0 Å². The molecule has 4 atom stereocenters. The molecule has 0 spiro atoms. The minimum atomic E-state index is 0.0340. The van der Waals surface area contributed by atoms with E-state index in [-0.39, 0.29) is 5.91 Å². The van der Waals surface area contributed by atoms with E-state index in [1.165, 1.54) is 51.4 Å². The molecule has 4 heteroatoms. The van der Waals surface area contributed by atoms with Gasteiger partial charge in [0.25, 0.3) is 5.91 Å². The zero-order valence-corrected chi connectivity index (χ0v) is 15.7. The van der Waals surface area contributed by atoms with Crippen molar-refractivity contribution in [3.05, 3.63) is 34.9 Å². The predicted molar refractivity (Wildman–Crippen MR) is 101 cm³/mol. The second-order valence-electron chi connectivity index (χ2n) is 8.31. The molecule has 2 aliphatic heterocycles. The molecule has 1 amide bonds. The summed E-state index contributed by atoms with van der Waals surface area (Å²) in [5.74, 6) is 0.0340. The van der Waals surface area contributed by atoms with Crippen molar-refractivity contribution < 1.29 is 9.69 Å². The highest BCUT2D eigenvalue weighted by molar-refractivity contribution is 6.30. The molecule has 0 aromatic heterocycles. The second kappa shape index (κ2) is 7.67. The van der Waals surface area contributed by atoms with Gasteiger partial charge in [0.15, 0.2) is 0 Å². The zero-order valence-electron chi connectivity index (χ0n) is 15.0. The normalized spacial score (nSPS) is 33.0. The summed E-state index contributed by atoms with van der Waals surface area (Å²) in [7, 11) is 0. The fraction of sp³-hybridized carbons (Fsp3) is 0.667. The van der Waals surface area contributed by atoms with Crippen LogP contribution in [0.4, 0.5) is 0 Å². The number of halogens is 1. The standard InChI is InChI=1S/C21H29ClN2O/c22-16-7-4-6-15(12-16)21(25)23-17-13-19-10-5-11-20(14-17)24(19)18-8-2-1-3-9-18/h4,6-7,12,17-20H,1-3,5,8-11,13-14H2,(H,23,25)/p+1/t17?,19-,20+. The largest absolute Gasteiger partial charge is 0.349 e. The zero-order chi connectivity index (χ0) is 17.2. The van der Waals surface area contributed by atoms with Gasteiger partial charge in [0.2, 0.25) is 0 Å². The van der Waals surface area contributed by atoms with Gasteiger partial charge in [-0.15, -0.1) is 0 Å². The van der Waals surface area contributed by atoms with Crippen LogP contribution in [-0.2, 0) is 0 Å². The Kier molecular flexibility index (Phi) is 5.33. The van der Waals surface area contributed by atoms with Crippen molar-refractivity contribution in [1.29, 1.82) is 0 Å². The molecular weight excluding hydrogens is 332 g/mol. The molecule has 2 saturated heterocycles. The Morgan fingerprint density at radius 1 is 0.960 bits per heavy atom. The van der Waals surface area contributed by atoms with Crippen LogP contribution >= 0.6 is 11.6 Å². The monoisotopic (exact) mass is 361 g/mol. The van der Waals surface area contributed by atoms with Crippen molar-refractivity contribution in [3.63, 3.8) is 0 Å². The molecule has 3 aliphatic rings. The summed E-state index contributed by atoms with van der Waals surface area (Å²) in [5.41, 5.74) is 0.680. The van der Waals surface area contributed by atoms with E-state index < -0.39 is 0 Å². The van der Waals surface area contributed by atoms with Crippen LogP contribution in [0.25, 0.3) is 0 Å². The van der Waals surface area contributed by atoms with E-state index >= 15 is 0 Å². The van der Waals surface area contributed by atoms with Gasteiger partial charge in [-0.3, -0.25) is 4.79 Å². The van der Waals surface area contributed by atoms with Crippen molar-refractivity contribution >= 4 is 17.5 Å². The Morgan fingerprint density at radius 3 is 2.32 bits per heavy atom. The van der Waals surface area contributed by atoms with E-state index in [9.17, 15) is 4.79 Å². The summed E-state index contributed by atoms with van der Waals surface area (Å²) < 4.78 is 0. The third-order valence-electron chi connectivity index (χ3n) is 6.68. The van der Waals surface area contributed by atoms with Gasteiger partial charge in [0, 0.05) is 29.5 Å². The van der Waals surface area contributed by atoms with Gasteiger partial charge in [-0.25, -0.2) is 0 Å². The minimum absolute atomic E-state index is 0.0340. The lowest BCUT2D eigenvalue weighted by atomic mass is 9.78. The number of benzene rings is 1. The summed E-state index contributed by atoms with van der Waals surface area (Å²) >= 11 is 6.03. The van der Waals surface area contributed by atoms with Crippen molar-refractivity contribution in [2.45, 2.75) is 88.4 Å². The summed E-state index contributed by atoms with van der Waals surface area (Å²) in [6.07, 6.45) is 13.5. The highest BCUT2D eigenvalue weighted by atomic mass is 35.5. The lowest BCUT2D eigenvalue weighted by Crippen LogP contribution is -3.24. The number of fused-ring (bicyclic) bond motifs is 2. The van der Waals surface area contributed by atoms with Crippen molar-refractivity contribution in [3.8, 4) is 0 Å². The first-order chi connectivity index (χ1) is 12.2. The summed E-state index contributed by atoms with van der Waals surface area (Å²) in [6, 6.07) is 9.99. The molecule has 136 valence electrons. The third-order valence-corrected chi connectivity index (χ3v) is 6.92. The van der Waals surface area contributed by atoms with Gasteiger partial charge in [0.1, 0.15) is 0 Å². The van der Waals surface area contributed by atoms with Crippen molar-refractivity contribution in [2.75, 3.05) is 0 Å². The SMILES string of the molecule is O=C(NC1C[C@H]2CCC[C@@H](C1)[NH+]2C1CCCCC1)c1cccc(Cl)c1. The predicted octanol–water partition coefficient (Wildman–Crippen LogP) is 3.37. The van der Waals surface area contributed by atoms with Gasteiger partial charge in [0.05, 0.1) is 18.1 Å². The maximum Gasteiger partial charge on any atom is 0.251 e. The fourth-order valence-corrected chi connectivity index (χ4v) is 5.88. The number of amides is 1. The molecule has 3 fully saturated rings. The third kappa shape index (κ3) is 3.88. The van der Waals surface area contributed by atoms with E-state index in [2.05, 4.69) is 5.32 Å². The fourth-order valence-electron chi connectivity index (χ4n) is 5.69. The van der Waals surface area contributed by atoms with Crippen LogP contribution in [-0.4, -0.2) is 30.1 Å². The number of nitrogens with one attached hydrogen (secondary N) is 2. The highest BCUT2D eigenvalue weighted by Crippen LogP contribution is 2.26. The van der Waals surface area contributed by atoms with E-state index in [1.54, 1.807) is 6.07 Å². The smallest absolute Gasteiger partial charge is 0.251 e. The van der Waals surface area contributed by atoms with E-state index in [1.807, 2.05) is 23.1 Å². The number of hydrogen-bond acceptors (Lipinski definition) is 1. The van der Waals surface area contributed by atoms with Crippen LogP contribution in [0, 0.1) is 0 Å². The van der Waals surface area contributed by atoms with E-state index in [4.69, 9.17) is 11.6 Å². The van der Waals surface area contributed by atoms with E-state index in [0.29, 0.717) is 16.6 Å². The molecule has 2 bridgehead atoms. The first-order valence-corrected chi connectivity index (χ1v) is 10.5. The lowest BCUT2D eigenvalue weighted by Gasteiger charge is -2.50. The molecule has 0 radical (unpaired) electrons. The van der Waals surface area contributed by atoms with Gasteiger partial charge in [-0.05, 0) is 63.1 Å². The number of piperidine rings is 2. The molecule has 1 aromatic rings. The molecular formula is C21H30ClN2O+. The molecule has 25 heavy (non-hydrogen) atoms.